The molecule has 0 saturated heterocycles. The average molecular weight is 443 g/mol. The molecule has 0 atom stereocenters. The number of nitrogens with zero attached hydrogens (tertiary/aromatic N) is 3. The summed E-state index contributed by atoms with van der Waals surface area (Å²) < 4.78 is 11.7. The lowest BCUT2D eigenvalue weighted by atomic mass is 10.1. The average Bonchev–Trinajstić information content (AvgIpc) is 3.34. The lowest BCUT2D eigenvalue weighted by molar-refractivity contribution is -0.116. The SMILES string of the molecule is C=C/C=C\C(=C/C)C(=O)NC1=Nc2c(ccc(OCc3ccccc3)c2OC)C2=NCCN12. The van der Waals surface area contributed by atoms with Crippen molar-refractivity contribution < 1.29 is 14.3 Å². The maximum atomic E-state index is 12.9. The number of carbonyl (C=O) groups excluding carboxylic acids is 1. The van der Waals surface area contributed by atoms with E-state index in [2.05, 4.69) is 16.9 Å². The maximum Gasteiger partial charge on any atom is 0.257 e. The van der Waals surface area contributed by atoms with Gasteiger partial charge in [0.05, 0.1) is 13.7 Å². The Labute approximate surface area is 193 Å². The molecular weight excluding hydrogens is 416 g/mol. The Kier molecular flexibility index (Phi) is 6.69. The molecule has 0 unspecified atom stereocenters. The van der Waals surface area contributed by atoms with E-state index < -0.39 is 0 Å². The summed E-state index contributed by atoms with van der Waals surface area (Å²) in [6, 6.07) is 13.7. The monoisotopic (exact) mass is 442 g/mol. The number of hydrogen-bond donors (Lipinski definition) is 1. The third kappa shape index (κ3) is 4.57. The lowest BCUT2D eigenvalue weighted by Crippen LogP contribution is -2.47. The highest BCUT2D eigenvalue weighted by atomic mass is 16.5. The molecule has 2 aliphatic heterocycles. The number of methoxy groups -OCH3 is 1. The molecular formula is C26H26N4O3. The summed E-state index contributed by atoms with van der Waals surface area (Å²) in [7, 11) is 1.58. The Morgan fingerprint density at radius 1 is 1.24 bits per heavy atom. The van der Waals surface area contributed by atoms with Crippen molar-refractivity contribution in [2.24, 2.45) is 9.98 Å². The van der Waals surface area contributed by atoms with E-state index in [0.29, 0.717) is 48.4 Å². The number of hydrogen-bond acceptors (Lipinski definition) is 6. The van der Waals surface area contributed by atoms with Gasteiger partial charge in [0, 0.05) is 17.7 Å². The topological polar surface area (TPSA) is 75.5 Å². The lowest BCUT2D eigenvalue weighted by Gasteiger charge is -2.28. The van der Waals surface area contributed by atoms with Gasteiger partial charge < -0.3 is 9.47 Å². The second-order valence-electron chi connectivity index (χ2n) is 7.35. The van der Waals surface area contributed by atoms with Crippen LogP contribution in [0.25, 0.3) is 0 Å². The second kappa shape index (κ2) is 9.99. The number of fused-ring (bicyclic) bond motifs is 3. The molecule has 0 saturated carbocycles. The Morgan fingerprint density at radius 2 is 2.06 bits per heavy atom. The molecule has 1 N–H and O–H groups in total. The van der Waals surface area contributed by atoms with Crippen molar-refractivity contribution in [2.45, 2.75) is 13.5 Å². The van der Waals surface area contributed by atoms with Crippen LogP contribution >= 0.6 is 0 Å². The van der Waals surface area contributed by atoms with Gasteiger partial charge in [0.1, 0.15) is 18.1 Å². The minimum atomic E-state index is -0.264. The quantitative estimate of drug-likeness (QED) is 0.517. The third-order valence-electron chi connectivity index (χ3n) is 5.30. The van der Waals surface area contributed by atoms with Crippen molar-refractivity contribution in [3.05, 3.63) is 90.0 Å². The van der Waals surface area contributed by atoms with Gasteiger partial charge in [-0.1, -0.05) is 55.1 Å². The number of carbonyl (C=O) groups is 1. The zero-order valence-electron chi connectivity index (χ0n) is 18.7. The number of allylic oxidation sites excluding steroid dienone is 3. The van der Waals surface area contributed by atoms with E-state index in [0.717, 1.165) is 17.0 Å². The highest BCUT2D eigenvalue weighted by Gasteiger charge is 2.33. The summed E-state index contributed by atoms with van der Waals surface area (Å²) in [5.74, 6) is 1.98. The Hall–Kier alpha value is -4.13. The molecule has 7 heteroatoms. The van der Waals surface area contributed by atoms with Gasteiger partial charge in [-0.3, -0.25) is 20.0 Å². The maximum absolute atomic E-state index is 12.9. The molecule has 4 rings (SSSR count). The zero-order chi connectivity index (χ0) is 23.2. The molecule has 33 heavy (non-hydrogen) atoms. The number of guanidine groups is 1. The van der Waals surface area contributed by atoms with Gasteiger partial charge >= 0.3 is 0 Å². The molecule has 0 bridgehead atoms. The van der Waals surface area contributed by atoms with Gasteiger partial charge in [0.15, 0.2) is 11.5 Å². The van der Waals surface area contributed by atoms with E-state index in [1.807, 2.05) is 54.3 Å². The van der Waals surface area contributed by atoms with Crippen LogP contribution in [0.5, 0.6) is 11.5 Å². The van der Waals surface area contributed by atoms with Gasteiger partial charge in [-0.25, -0.2) is 4.99 Å². The van der Waals surface area contributed by atoms with Gasteiger partial charge in [-0.05, 0) is 30.7 Å². The fourth-order valence-corrected chi connectivity index (χ4v) is 3.68. The van der Waals surface area contributed by atoms with Crippen LogP contribution in [0.15, 0.2) is 88.9 Å². The number of nitrogens with one attached hydrogen (secondary N) is 1. The van der Waals surface area contributed by atoms with Crippen LogP contribution in [0.1, 0.15) is 18.1 Å². The number of amidine groups is 1. The summed E-state index contributed by atoms with van der Waals surface area (Å²) in [6.45, 7) is 7.11. The number of aliphatic imine (C=N–C) groups is 2. The summed E-state index contributed by atoms with van der Waals surface area (Å²) in [4.78, 5) is 24.2. The molecule has 0 spiro atoms. The largest absolute Gasteiger partial charge is 0.491 e. The number of rotatable bonds is 7. The molecule has 2 aliphatic rings. The Balaban J connectivity index is 1.68. The zero-order valence-corrected chi connectivity index (χ0v) is 18.7. The summed E-state index contributed by atoms with van der Waals surface area (Å²) in [6.07, 6.45) is 6.78. The van der Waals surface area contributed by atoms with E-state index in [1.54, 1.807) is 31.4 Å². The van der Waals surface area contributed by atoms with Gasteiger partial charge in [-0.2, -0.15) is 0 Å². The van der Waals surface area contributed by atoms with Crippen LogP contribution < -0.4 is 14.8 Å². The fraction of sp³-hybridized carbons (Fsp3) is 0.192. The standard InChI is InChI=1S/C26H26N4O3/c1-4-6-12-19(5-2)25(31)29-26-28-22-20(24-27-15-16-30(24)26)13-14-21(23(22)32-3)33-17-18-10-8-7-9-11-18/h4-14H,1,15-17H2,2-3H3,(H,28,29,31)/b12-6-,19-5+. The minimum Gasteiger partial charge on any atom is -0.491 e. The Morgan fingerprint density at radius 3 is 2.79 bits per heavy atom. The number of amides is 1. The minimum absolute atomic E-state index is 0.264. The molecule has 2 aromatic rings. The van der Waals surface area contributed by atoms with Crippen LogP contribution in [-0.4, -0.2) is 42.8 Å². The summed E-state index contributed by atoms with van der Waals surface area (Å²) in [5, 5.41) is 2.93. The molecule has 168 valence electrons. The number of benzene rings is 2. The fourth-order valence-electron chi connectivity index (χ4n) is 3.68. The first-order chi connectivity index (χ1) is 16.2. The molecule has 1 amide bonds. The van der Waals surface area contributed by atoms with E-state index in [9.17, 15) is 4.79 Å². The predicted octanol–water partition coefficient (Wildman–Crippen LogP) is 4.14. The smallest absolute Gasteiger partial charge is 0.257 e. The van der Waals surface area contributed by atoms with Gasteiger partial charge in [0.25, 0.3) is 5.91 Å². The molecule has 2 aromatic carbocycles. The van der Waals surface area contributed by atoms with Crippen molar-refractivity contribution in [1.29, 1.82) is 0 Å². The van der Waals surface area contributed by atoms with Crippen LogP contribution in [0.2, 0.25) is 0 Å². The predicted molar refractivity (Wildman–Crippen MR) is 130 cm³/mol. The molecule has 7 nitrogen and oxygen atoms in total. The molecule has 0 radical (unpaired) electrons. The van der Waals surface area contributed by atoms with E-state index in [-0.39, 0.29) is 5.91 Å². The van der Waals surface area contributed by atoms with Crippen molar-refractivity contribution >= 4 is 23.4 Å². The van der Waals surface area contributed by atoms with Crippen molar-refractivity contribution in [2.75, 3.05) is 20.2 Å². The number of ether oxygens (including phenoxy) is 2. The van der Waals surface area contributed by atoms with Crippen molar-refractivity contribution in [1.82, 2.24) is 10.2 Å². The van der Waals surface area contributed by atoms with E-state index in [4.69, 9.17) is 14.5 Å². The van der Waals surface area contributed by atoms with Crippen LogP contribution in [-0.2, 0) is 11.4 Å². The summed E-state index contributed by atoms with van der Waals surface area (Å²) in [5.41, 5.74) is 2.98. The van der Waals surface area contributed by atoms with E-state index >= 15 is 0 Å². The van der Waals surface area contributed by atoms with E-state index in [1.165, 1.54) is 0 Å². The van der Waals surface area contributed by atoms with Crippen LogP contribution in [0.4, 0.5) is 5.69 Å². The molecule has 0 aromatic heterocycles. The molecule has 0 fully saturated rings. The van der Waals surface area contributed by atoms with Crippen LogP contribution in [0.3, 0.4) is 0 Å². The normalized spacial score (nSPS) is 14.8. The third-order valence-corrected chi connectivity index (χ3v) is 5.30. The van der Waals surface area contributed by atoms with Crippen molar-refractivity contribution in [3.8, 4) is 11.5 Å². The van der Waals surface area contributed by atoms with Gasteiger partial charge in [-0.15, -0.1) is 0 Å². The van der Waals surface area contributed by atoms with Gasteiger partial charge in [0.2, 0.25) is 5.96 Å². The summed E-state index contributed by atoms with van der Waals surface area (Å²) >= 11 is 0. The highest BCUT2D eigenvalue weighted by Crippen LogP contribution is 2.43. The van der Waals surface area contributed by atoms with Crippen LogP contribution in [0, 0.1) is 0 Å². The Bertz CT molecular complexity index is 1180. The second-order valence-corrected chi connectivity index (χ2v) is 7.35. The molecule has 2 heterocycles. The van der Waals surface area contributed by atoms with Crippen molar-refractivity contribution in [3.63, 3.8) is 0 Å². The first-order valence-electron chi connectivity index (χ1n) is 10.7. The molecule has 0 aliphatic carbocycles. The highest BCUT2D eigenvalue weighted by molar-refractivity contribution is 6.20. The first-order valence-corrected chi connectivity index (χ1v) is 10.7. The first kappa shape index (κ1) is 22.1.